The van der Waals surface area contributed by atoms with Crippen LogP contribution < -0.4 is 5.32 Å². The maximum atomic E-state index is 13.3. The van der Waals surface area contributed by atoms with Crippen molar-refractivity contribution in [1.29, 1.82) is 0 Å². The predicted octanol–water partition coefficient (Wildman–Crippen LogP) is 2.60. The zero-order valence-electron chi connectivity index (χ0n) is 11.1. The van der Waals surface area contributed by atoms with E-state index in [1.807, 2.05) is 19.9 Å². The maximum Gasteiger partial charge on any atom is 0.307 e. The predicted molar refractivity (Wildman–Crippen MR) is 68.7 cm³/mol. The van der Waals surface area contributed by atoms with E-state index < -0.39 is 5.54 Å². The molecule has 0 fully saturated rings. The van der Waals surface area contributed by atoms with E-state index in [1.54, 1.807) is 6.07 Å². The van der Waals surface area contributed by atoms with Crippen LogP contribution in [0.4, 0.5) is 4.39 Å². The summed E-state index contributed by atoms with van der Waals surface area (Å²) >= 11 is 0. The molecule has 0 aliphatic rings. The molecule has 0 heterocycles. The molecule has 1 N–H and O–H groups in total. The molecule has 3 nitrogen and oxygen atoms in total. The second kappa shape index (κ2) is 6.50. The van der Waals surface area contributed by atoms with Crippen molar-refractivity contribution >= 4 is 5.97 Å². The molecule has 0 bridgehead atoms. The van der Waals surface area contributed by atoms with E-state index in [9.17, 15) is 9.18 Å². The van der Waals surface area contributed by atoms with E-state index in [0.29, 0.717) is 0 Å². The Morgan fingerprint density at radius 2 is 2.22 bits per heavy atom. The molecule has 0 radical (unpaired) electrons. The van der Waals surface area contributed by atoms with Crippen LogP contribution in [0.15, 0.2) is 24.3 Å². The molecule has 0 saturated heterocycles. The molecule has 0 saturated carbocycles. The largest absolute Gasteiger partial charge is 0.469 e. The topological polar surface area (TPSA) is 38.3 Å². The highest BCUT2D eigenvalue weighted by molar-refractivity contribution is 5.71. The van der Waals surface area contributed by atoms with Crippen molar-refractivity contribution in [1.82, 2.24) is 5.32 Å². The number of carbonyl (C=O) groups is 1. The number of carbonyl (C=O) groups excluding carboxylic acids is 1. The first kappa shape index (κ1) is 14.6. The van der Waals surface area contributed by atoms with Crippen LogP contribution in [-0.2, 0) is 15.1 Å². The van der Waals surface area contributed by atoms with Crippen LogP contribution in [0.3, 0.4) is 0 Å². The molecule has 0 aromatic heterocycles. The number of hydrogen-bond donors (Lipinski definition) is 1. The SMILES string of the molecule is CCCNC(C)(CC(=O)OC)c1cccc(F)c1. The number of benzene rings is 1. The van der Waals surface area contributed by atoms with Crippen LogP contribution in [-0.4, -0.2) is 19.6 Å². The fraction of sp³-hybridized carbons (Fsp3) is 0.500. The van der Waals surface area contributed by atoms with Crippen molar-refractivity contribution in [3.63, 3.8) is 0 Å². The number of methoxy groups -OCH3 is 1. The summed E-state index contributed by atoms with van der Waals surface area (Å²) < 4.78 is 18.0. The Morgan fingerprint density at radius 1 is 1.50 bits per heavy atom. The fourth-order valence-electron chi connectivity index (χ4n) is 1.86. The Balaban J connectivity index is 2.99. The van der Waals surface area contributed by atoms with E-state index in [4.69, 9.17) is 4.74 Å². The monoisotopic (exact) mass is 253 g/mol. The molecule has 1 aromatic carbocycles. The van der Waals surface area contributed by atoms with Gasteiger partial charge in [-0.25, -0.2) is 4.39 Å². The van der Waals surface area contributed by atoms with E-state index in [0.717, 1.165) is 18.5 Å². The van der Waals surface area contributed by atoms with E-state index in [2.05, 4.69) is 5.32 Å². The highest BCUT2D eigenvalue weighted by atomic mass is 19.1. The summed E-state index contributed by atoms with van der Waals surface area (Å²) in [5.41, 5.74) is 0.145. The summed E-state index contributed by atoms with van der Waals surface area (Å²) in [6.45, 7) is 4.68. The normalized spacial score (nSPS) is 14.0. The second-order valence-corrected chi connectivity index (χ2v) is 4.52. The van der Waals surface area contributed by atoms with Crippen molar-refractivity contribution in [2.24, 2.45) is 0 Å². The summed E-state index contributed by atoms with van der Waals surface area (Å²) in [7, 11) is 1.36. The number of ether oxygens (including phenoxy) is 1. The Labute approximate surface area is 107 Å². The van der Waals surface area contributed by atoms with Crippen LogP contribution in [0.25, 0.3) is 0 Å². The number of esters is 1. The smallest absolute Gasteiger partial charge is 0.307 e. The van der Waals surface area contributed by atoms with Crippen molar-refractivity contribution in [3.05, 3.63) is 35.6 Å². The van der Waals surface area contributed by atoms with Gasteiger partial charge in [0.15, 0.2) is 0 Å². The van der Waals surface area contributed by atoms with Crippen LogP contribution >= 0.6 is 0 Å². The maximum absolute atomic E-state index is 13.3. The first-order valence-corrected chi connectivity index (χ1v) is 6.09. The average Bonchev–Trinajstić information content (AvgIpc) is 2.36. The standard InChI is InChI=1S/C14H20FNO2/c1-4-8-16-14(2,10-13(17)18-3)11-6-5-7-12(15)9-11/h5-7,9,16H,4,8,10H2,1-3H3. The molecule has 1 aromatic rings. The molecule has 100 valence electrons. The highest BCUT2D eigenvalue weighted by Gasteiger charge is 2.29. The number of hydrogen-bond acceptors (Lipinski definition) is 3. The summed E-state index contributed by atoms with van der Waals surface area (Å²) in [6.07, 6.45) is 1.11. The first-order chi connectivity index (χ1) is 8.51. The molecule has 1 atom stereocenters. The minimum Gasteiger partial charge on any atom is -0.469 e. The summed E-state index contributed by atoms with van der Waals surface area (Å²) in [5.74, 6) is -0.618. The molecule has 0 aliphatic carbocycles. The third kappa shape index (κ3) is 3.81. The minimum atomic E-state index is -0.606. The lowest BCUT2D eigenvalue weighted by atomic mass is 9.88. The van der Waals surface area contributed by atoms with Crippen molar-refractivity contribution in [2.75, 3.05) is 13.7 Å². The molecule has 0 spiro atoms. The van der Waals surface area contributed by atoms with Crippen molar-refractivity contribution in [3.8, 4) is 0 Å². The van der Waals surface area contributed by atoms with E-state index in [-0.39, 0.29) is 18.2 Å². The lowest BCUT2D eigenvalue weighted by molar-refractivity contribution is -0.142. The van der Waals surface area contributed by atoms with Gasteiger partial charge >= 0.3 is 5.97 Å². The molecule has 0 amide bonds. The van der Waals surface area contributed by atoms with Gasteiger partial charge in [0.2, 0.25) is 0 Å². The van der Waals surface area contributed by atoms with Crippen LogP contribution in [0, 0.1) is 5.82 Å². The Bertz CT molecular complexity index is 409. The van der Waals surface area contributed by atoms with Gasteiger partial charge in [-0.2, -0.15) is 0 Å². The molecule has 18 heavy (non-hydrogen) atoms. The molecule has 1 rings (SSSR count). The first-order valence-electron chi connectivity index (χ1n) is 6.09. The third-order valence-electron chi connectivity index (χ3n) is 2.95. The molecular formula is C14H20FNO2. The van der Waals surface area contributed by atoms with Crippen LogP contribution in [0.5, 0.6) is 0 Å². The van der Waals surface area contributed by atoms with Gasteiger partial charge < -0.3 is 10.1 Å². The molecular weight excluding hydrogens is 233 g/mol. The fourth-order valence-corrected chi connectivity index (χ4v) is 1.86. The van der Waals surface area contributed by atoms with Gasteiger partial charge in [0.1, 0.15) is 5.82 Å². The molecule has 4 heteroatoms. The highest BCUT2D eigenvalue weighted by Crippen LogP contribution is 2.25. The lowest BCUT2D eigenvalue weighted by Crippen LogP contribution is -2.42. The van der Waals surface area contributed by atoms with Gasteiger partial charge in [0, 0.05) is 0 Å². The third-order valence-corrected chi connectivity index (χ3v) is 2.95. The minimum absolute atomic E-state index is 0.174. The Hall–Kier alpha value is -1.42. The van der Waals surface area contributed by atoms with Gasteiger partial charge in [0.05, 0.1) is 19.1 Å². The van der Waals surface area contributed by atoms with Gasteiger partial charge in [-0.1, -0.05) is 19.1 Å². The van der Waals surface area contributed by atoms with Crippen LogP contribution in [0.1, 0.15) is 32.3 Å². The van der Waals surface area contributed by atoms with Crippen molar-refractivity contribution < 1.29 is 13.9 Å². The molecule has 1 unspecified atom stereocenters. The number of halogens is 1. The Kier molecular flexibility index (Phi) is 5.28. The Morgan fingerprint density at radius 3 is 2.78 bits per heavy atom. The number of nitrogens with one attached hydrogen (secondary N) is 1. The van der Waals surface area contributed by atoms with Gasteiger partial charge in [-0.15, -0.1) is 0 Å². The number of rotatable bonds is 6. The van der Waals surface area contributed by atoms with Crippen molar-refractivity contribution in [2.45, 2.75) is 32.2 Å². The quantitative estimate of drug-likeness (QED) is 0.792. The summed E-state index contributed by atoms with van der Waals surface area (Å²) in [6, 6.07) is 6.30. The molecule has 0 aliphatic heterocycles. The van der Waals surface area contributed by atoms with Gasteiger partial charge in [-0.3, -0.25) is 4.79 Å². The summed E-state index contributed by atoms with van der Waals surface area (Å²) in [4.78, 5) is 11.5. The van der Waals surface area contributed by atoms with Gasteiger partial charge in [-0.05, 0) is 37.6 Å². The van der Waals surface area contributed by atoms with E-state index >= 15 is 0 Å². The average molecular weight is 253 g/mol. The van der Waals surface area contributed by atoms with Gasteiger partial charge in [0.25, 0.3) is 0 Å². The zero-order chi connectivity index (χ0) is 13.6. The lowest BCUT2D eigenvalue weighted by Gasteiger charge is -2.30. The van der Waals surface area contributed by atoms with E-state index in [1.165, 1.54) is 19.2 Å². The summed E-state index contributed by atoms with van der Waals surface area (Å²) in [5, 5.41) is 3.29. The zero-order valence-corrected chi connectivity index (χ0v) is 11.1. The van der Waals surface area contributed by atoms with Crippen LogP contribution in [0.2, 0.25) is 0 Å². The second-order valence-electron chi connectivity index (χ2n) is 4.52.